The first-order chi connectivity index (χ1) is 10.3. The Morgan fingerprint density at radius 3 is 2.71 bits per heavy atom. The highest BCUT2D eigenvalue weighted by Gasteiger charge is 2.29. The van der Waals surface area contributed by atoms with Crippen molar-refractivity contribution in [1.29, 1.82) is 0 Å². The second kappa shape index (κ2) is 6.80. The second-order valence-electron chi connectivity index (χ2n) is 6.52. The summed E-state index contributed by atoms with van der Waals surface area (Å²) in [7, 11) is 0. The summed E-state index contributed by atoms with van der Waals surface area (Å²) in [6.07, 6.45) is 4.13. The van der Waals surface area contributed by atoms with Gasteiger partial charge in [0.2, 0.25) is 0 Å². The molecule has 2 aliphatic heterocycles. The molecule has 3 heteroatoms. The number of hydrogen-bond acceptors (Lipinski definition) is 3. The van der Waals surface area contributed by atoms with Gasteiger partial charge in [0.05, 0.1) is 0 Å². The first-order valence-corrected chi connectivity index (χ1v) is 8.57. The molecule has 1 aromatic rings. The normalized spacial score (nSPS) is 23.1. The van der Waals surface area contributed by atoms with Crippen LogP contribution in [0.2, 0.25) is 0 Å². The molecule has 0 spiro atoms. The molecule has 3 nitrogen and oxygen atoms in total. The van der Waals surface area contributed by atoms with E-state index in [4.69, 9.17) is 0 Å². The van der Waals surface area contributed by atoms with Crippen LogP contribution in [0.1, 0.15) is 37.3 Å². The molecular formula is C18H29N3. The molecule has 0 amide bonds. The summed E-state index contributed by atoms with van der Waals surface area (Å²) in [5.74, 6) is 0. The molecule has 1 unspecified atom stereocenters. The molecule has 2 heterocycles. The summed E-state index contributed by atoms with van der Waals surface area (Å²) in [5, 5.41) is 3.42. The molecule has 2 saturated heterocycles. The minimum atomic E-state index is 0.786. The number of rotatable bonds is 5. The third kappa shape index (κ3) is 3.41. The van der Waals surface area contributed by atoms with E-state index in [-0.39, 0.29) is 0 Å². The average Bonchev–Trinajstić information content (AvgIpc) is 3.16. The Morgan fingerprint density at radius 2 is 2.00 bits per heavy atom. The van der Waals surface area contributed by atoms with E-state index in [2.05, 4.69) is 47.2 Å². The maximum atomic E-state index is 3.42. The molecule has 0 bridgehead atoms. The summed E-state index contributed by atoms with van der Waals surface area (Å²) < 4.78 is 0. The van der Waals surface area contributed by atoms with Gasteiger partial charge in [0.1, 0.15) is 0 Å². The van der Waals surface area contributed by atoms with Crippen LogP contribution in [-0.4, -0.2) is 43.7 Å². The minimum absolute atomic E-state index is 0.786. The quantitative estimate of drug-likeness (QED) is 0.898. The summed E-state index contributed by atoms with van der Waals surface area (Å²) in [6.45, 7) is 11.5. The van der Waals surface area contributed by atoms with E-state index in [1.807, 2.05) is 0 Å². The van der Waals surface area contributed by atoms with Gasteiger partial charge in [0.25, 0.3) is 0 Å². The molecular weight excluding hydrogens is 258 g/mol. The van der Waals surface area contributed by atoms with Crippen LogP contribution in [0.15, 0.2) is 18.2 Å². The predicted octanol–water partition coefficient (Wildman–Crippen LogP) is 2.78. The van der Waals surface area contributed by atoms with Gasteiger partial charge in [-0.25, -0.2) is 0 Å². The van der Waals surface area contributed by atoms with Crippen LogP contribution in [0.25, 0.3) is 0 Å². The molecule has 1 atom stereocenters. The van der Waals surface area contributed by atoms with Crippen molar-refractivity contribution in [3.8, 4) is 0 Å². The van der Waals surface area contributed by atoms with Gasteiger partial charge in [0, 0.05) is 31.4 Å². The van der Waals surface area contributed by atoms with E-state index in [1.54, 1.807) is 0 Å². The van der Waals surface area contributed by atoms with E-state index in [0.29, 0.717) is 0 Å². The van der Waals surface area contributed by atoms with Crippen molar-refractivity contribution >= 4 is 5.69 Å². The fraction of sp³-hybridized carbons (Fsp3) is 0.667. The molecule has 3 rings (SSSR count). The topological polar surface area (TPSA) is 18.5 Å². The van der Waals surface area contributed by atoms with Gasteiger partial charge in [-0.2, -0.15) is 0 Å². The molecule has 0 saturated carbocycles. The molecule has 1 N–H and O–H groups in total. The Kier molecular flexibility index (Phi) is 4.81. The second-order valence-corrected chi connectivity index (χ2v) is 6.52. The Bertz CT molecular complexity index is 466. The highest BCUT2D eigenvalue weighted by Crippen LogP contribution is 2.26. The van der Waals surface area contributed by atoms with Gasteiger partial charge < -0.3 is 10.2 Å². The van der Waals surface area contributed by atoms with Crippen LogP contribution < -0.4 is 10.2 Å². The monoisotopic (exact) mass is 287 g/mol. The van der Waals surface area contributed by atoms with Gasteiger partial charge >= 0.3 is 0 Å². The fourth-order valence-corrected chi connectivity index (χ4v) is 3.72. The zero-order chi connectivity index (χ0) is 14.7. The van der Waals surface area contributed by atoms with E-state index in [0.717, 1.165) is 19.1 Å². The van der Waals surface area contributed by atoms with Crippen LogP contribution in [0, 0.1) is 6.92 Å². The third-order valence-electron chi connectivity index (χ3n) is 5.08. The maximum absolute atomic E-state index is 3.42. The van der Waals surface area contributed by atoms with Gasteiger partial charge in [-0.05, 0) is 69.1 Å². The largest absolute Gasteiger partial charge is 0.370 e. The number of aryl methyl sites for hydroxylation is 1. The highest BCUT2D eigenvalue weighted by molar-refractivity contribution is 5.51. The number of likely N-dealkylation sites (tertiary alicyclic amines) is 1. The van der Waals surface area contributed by atoms with Crippen LogP contribution in [0.4, 0.5) is 5.69 Å². The number of anilines is 1. The number of hydrogen-bond donors (Lipinski definition) is 1. The smallest absolute Gasteiger partial charge is 0.0369 e. The van der Waals surface area contributed by atoms with Crippen LogP contribution in [0.3, 0.4) is 0 Å². The average molecular weight is 287 g/mol. The SMILES string of the molecule is CCNCc1ccc(N2CCC(N3CCCC3)C2)cc1C. The van der Waals surface area contributed by atoms with Crippen LogP contribution in [0.5, 0.6) is 0 Å². The summed E-state index contributed by atoms with van der Waals surface area (Å²) in [6, 6.07) is 7.77. The lowest BCUT2D eigenvalue weighted by atomic mass is 10.1. The summed E-state index contributed by atoms with van der Waals surface area (Å²) >= 11 is 0. The van der Waals surface area contributed by atoms with Crippen molar-refractivity contribution in [2.75, 3.05) is 37.6 Å². The molecule has 0 aliphatic carbocycles. The lowest BCUT2D eigenvalue weighted by Gasteiger charge is -2.25. The zero-order valence-electron chi connectivity index (χ0n) is 13.6. The van der Waals surface area contributed by atoms with Gasteiger partial charge in [-0.1, -0.05) is 13.0 Å². The number of nitrogens with one attached hydrogen (secondary N) is 1. The van der Waals surface area contributed by atoms with Crippen molar-refractivity contribution in [2.45, 2.75) is 45.7 Å². The maximum Gasteiger partial charge on any atom is 0.0369 e. The number of benzene rings is 1. The lowest BCUT2D eigenvalue weighted by Crippen LogP contribution is -2.35. The first kappa shape index (κ1) is 14.9. The lowest BCUT2D eigenvalue weighted by molar-refractivity contribution is 0.260. The Hall–Kier alpha value is -1.06. The van der Waals surface area contributed by atoms with Crippen molar-refractivity contribution in [3.63, 3.8) is 0 Å². The number of nitrogens with zero attached hydrogens (tertiary/aromatic N) is 2. The van der Waals surface area contributed by atoms with Crippen LogP contribution >= 0.6 is 0 Å². The van der Waals surface area contributed by atoms with E-state index < -0.39 is 0 Å². The zero-order valence-corrected chi connectivity index (χ0v) is 13.6. The van der Waals surface area contributed by atoms with Crippen molar-refractivity contribution in [1.82, 2.24) is 10.2 Å². The predicted molar refractivity (Wildman–Crippen MR) is 90.0 cm³/mol. The van der Waals surface area contributed by atoms with E-state index in [1.165, 1.54) is 62.3 Å². The molecule has 2 fully saturated rings. The molecule has 1 aromatic carbocycles. The first-order valence-electron chi connectivity index (χ1n) is 8.57. The van der Waals surface area contributed by atoms with E-state index >= 15 is 0 Å². The molecule has 0 radical (unpaired) electrons. The van der Waals surface area contributed by atoms with Gasteiger partial charge in [0.15, 0.2) is 0 Å². The van der Waals surface area contributed by atoms with Gasteiger partial charge in [-0.15, -0.1) is 0 Å². The fourth-order valence-electron chi connectivity index (χ4n) is 3.72. The Labute approximate surface area is 129 Å². The van der Waals surface area contributed by atoms with Crippen molar-refractivity contribution in [2.24, 2.45) is 0 Å². The molecule has 116 valence electrons. The summed E-state index contributed by atoms with van der Waals surface area (Å²) in [4.78, 5) is 5.28. The van der Waals surface area contributed by atoms with Crippen molar-refractivity contribution < 1.29 is 0 Å². The van der Waals surface area contributed by atoms with Crippen molar-refractivity contribution in [3.05, 3.63) is 29.3 Å². The molecule has 21 heavy (non-hydrogen) atoms. The molecule has 0 aromatic heterocycles. The third-order valence-corrected chi connectivity index (χ3v) is 5.08. The van der Waals surface area contributed by atoms with E-state index in [9.17, 15) is 0 Å². The highest BCUT2D eigenvalue weighted by atomic mass is 15.3. The Balaban J connectivity index is 1.63. The summed E-state index contributed by atoms with van der Waals surface area (Å²) in [5.41, 5.74) is 4.25. The van der Waals surface area contributed by atoms with Crippen LogP contribution in [-0.2, 0) is 6.54 Å². The minimum Gasteiger partial charge on any atom is -0.370 e. The standard InChI is InChI=1S/C18H29N3/c1-3-19-13-16-6-7-17(12-15(16)2)21-11-8-18(14-21)20-9-4-5-10-20/h6-7,12,18-19H,3-5,8-11,13-14H2,1-2H3. The van der Waals surface area contributed by atoms with Gasteiger partial charge in [-0.3, -0.25) is 4.90 Å². The Morgan fingerprint density at radius 1 is 1.19 bits per heavy atom. The molecule has 2 aliphatic rings.